The molecule has 2 aromatic rings. The summed E-state index contributed by atoms with van der Waals surface area (Å²) >= 11 is 0. The first-order chi connectivity index (χ1) is 13.5. The summed E-state index contributed by atoms with van der Waals surface area (Å²) < 4.78 is 2.01. The number of aryl methyl sites for hydroxylation is 1. The Morgan fingerprint density at radius 3 is 2.64 bits per heavy atom. The minimum Gasteiger partial charge on any atom is -0.390 e. The number of carbonyl (C=O) groups is 1. The van der Waals surface area contributed by atoms with Crippen molar-refractivity contribution in [3.05, 3.63) is 42.1 Å². The van der Waals surface area contributed by atoms with Crippen molar-refractivity contribution in [2.45, 2.75) is 25.6 Å². The standard InChI is InChI=1S/C20H28N6O2/c1-15(27)16-9-17(23(2)11-16)12-24-13-18(19(28)14-24)25-5-7-26(8-6-25)20-10-21-3-4-22-20/h3-4,9-11,18-19,28H,5-8,12-14H2,1-2H3/t18-,19-/m0/s1. The number of aliphatic hydroxyl groups excluding tert-OH is 1. The zero-order valence-corrected chi connectivity index (χ0v) is 16.5. The van der Waals surface area contributed by atoms with Crippen LogP contribution in [0.25, 0.3) is 0 Å². The van der Waals surface area contributed by atoms with Crippen molar-refractivity contribution in [2.24, 2.45) is 7.05 Å². The monoisotopic (exact) mass is 384 g/mol. The summed E-state index contributed by atoms with van der Waals surface area (Å²) in [5.41, 5.74) is 1.85. The topological polar surface area (TPSA) is 77.7 Å². The summed E-state index contributed by atoms with van der Waals surface area (Å²) in [4.78, 5) is 27.1. The van der Waals surface area contributed by atoms with Crippen LogP contribution in [-0.2, 0) is 13.6 Å². The molecule has 0 radical (unpaired) electrons. The molecule has 0 amide bonds. The highest BCUT2D eigenvalue weighted by molar-refractivity contribution is 5.94. The minimum atomic E-state index is -0.351. The van der Waals surface area contributed by atoms with E-state index in [0.29, 0.717) is 6.54 Å². The first-order valence-electron chi connectivity index (χ1n) is 9.83. The van der Waals surface area contributed by atoms with Gasteiger partial charge in [-0.2, -0.15) is 0 Å². The van der Waals surface area contributed by atoms with Gasteiger partial charge in [-0.15, -0.1) is 0 Å². The molecular formula is C20H28N6O2. The van der Waals surface area contributed by atoms with Crippen LogP contribution >= 0.6 is 0 Å². The van der Waals surface area contributed by atoms with Crippen molar-refractivity contribution in [3.63, 3.8) is 0 Å². The molecule has 4 heterocycles. The van der Waals surface area contributed by atoms with Crippen molar-refractivity contribution in [1.29, 1.82) is 0 Å². The van der Waals surface area contributed by atoms with Crippen LogP contribution in [0.1, 0.15) is 23.0 Å². The van der Waals surface area contributed by atoms with E-state index in [1.165, 1.54) is 0 Å². The molecule has 8 nitrogen and oxygen atoms in total. The van der Waals surface area contributed by atoms with Gasteiger partial charge in [-0.05, 0) is 13.0 Å². The van der Waals surface area contributed by atoms with E-state index >= 15 is 0 Å². The highest BCUT2D eigenvalue weighted by Gasteiger charge is 2.37. The number of nitrogens with zero attached hydrogens (tertiary/aromatic N) is 6. The number of rotatable bonds is 5. The van der Waals surface area contributed by atoms with Gasteiger partial charge in [0.15, 0.2) is 5.78 Å². The second-order valence-electron chi connectivity index (χ2n) is 7.80. The maximum atomic E-state index is 11.6. The van der Waals surface area contributed by atoms with Crippen LogP contribution in [0.15, 0.2) is 30.9 Å². The van der Waals surface area contributed by atoms with Crippen molar-refractivity contribution in [1.82, 2.24) is 24.3 Å². The summed E-state index contributed by atoms with van der Waals surface area (Å²) in [6, 6.07) is 2.11. The van der Waals surface area contributed by atoms with Gasteiger partial charge in [-0.1, -0.05) is 0 Å². The van der Waals surface area contributed by atoms with E-state index in [4.69, 9.17) is 0 Å². The van der Waals surface area contributed by atoms with E-state index in [1.807, 2.05) is 23.9 Å². The Morgan fingerprint density at radius 1 is 1.21 bits per heavy atom. The Balaban J connectivity index is 1.34. The number of aromatic nitrogens is 3. The van der Waals surface area contributed by atoms with Gasteiger partial charge in [0.05, 0.1) is 12.3 Å². The average molecular weight is 384 g/mol. The fraction of sp³-hybridized carbons (Fsp3) is 0.550. The molecule has 2 fully saturated rings. The second-order valence-corrected chi connectivity index (χ2v) is 7.80. The molecule has 0 unspecified atom stereocenters. The maximum absolute atomic E-state index is 11.6. The molecule has 150 valence electrons. The van der Waals surface area contributed by atoms with Crippen LogP contribution in [0.4, 0.5) is 5.82 Å². The molecule has 2 aliphatic rings. The highest BCUT2D eigenvalue weighted by atomic mass is 16.3. The lowest BCUT2D eigenvalue weighted by Crippen LogP contribution is -2.54. The lowest BCUT2D eigenvalue weighted by Gasteiger charge is -2.39. The summed E-state index contributed by atoms with van der Waals surface area (Å²) in [7, 11) is 1.97. The first kappa shape index (κ1) is 19.0. The highest BCUT2D eigenvalue weighted by Crippen LogP contribution is 2.22. The Hall–Kier alpha value is -2.29. The number of hydrogen-bond acceptors (Lipinski definition) is 7. The van der Waals surface area contributed by atoms with Crippen molar-refractivity contribution in [3.8, 4) is 0 Å². The van der Waals surface area contributed by atoms with Crippen molar-refractivity contribution >= 4 is 11.6 Å². The number of likely N-dealkylation sites (tertiary alicyclic amines) is 1. The number of aliphatic hydroxyl groups is 1. The van der Waals surface area contributed by atoms with Crippen LogP contribution in [-0.4, -0.2) is 86.6 Å². The maximum Gasteiger partial charge on any atom is 0.161 e. The van der Waals surface area contributed by atoms with Gasteiger partial charge in [-0.3, -0.25) is 19.6 Å². The zero-order valence-electron chi connectivity index (χ0n) is 16.5. The molecular weight excluding hydrogens is 356 g/mol. The van der Waals surface area contributed by atoms with Gasteiger partial charge in [0.2, 0.25) is 0 Å². The van der Waals surface area contributed by atoms with Crippen LogP contribution in [0, 0.1) is 0 Å². The SMILES string of the molecule is CC(=O)c1cc(CN2C[C@H](O)[C@@H](N3CCN(c4cnccn4)CC3)C2)n(C)c1. The summed E-state index contributed by atoms with van der Waals surface area (Å²) in [5.74, 6) is 1.00. The molecule has 2 saturated heterocycles. The van der Waals surface area contributed by atoms with Gasteiger partial charge in [0, 0.05) is 88.8 Å². The Bertz CT molecular complexity index is 815. The second kappa shape index (κ2) is 7.98. The fourth-order valence-electron chi connectivity index (χ4n) is 4.26. The predicted molar refractivity (Wildman–Crippen MR) is 106 cm³/mol. The van der Waals surface area contributed by atoms with E-state index in [9.17, 15) is 9.90 Å². The summed E-state index contributed by atoms with van der Waals surface area (Å²) in [6.07, 6.45) is 6.75. The average Bonchev–Trinajstić information content (AvgIpc) is 3.25. The number of ketones is 1. The number of piperazine rings is 1. The molecule has 8 heteroatoms. The third-order valence-electron chi connectivity index (χ3n) is 5.89. The Labute approximate surface area is 165 Å². The van der Waals surface area contributed by atoms with E-state index < -0.39 is 0 Å². The molecule has 1 N–H and O–H groups in total. The third-order valence-corrected chi connectivity index (χ3v) is 5.89. The van der Waals surface area contributed by atoms with Crippen LogP contribution in [0.2, 0.25) is 0 Å². The summed E-state index contributed by atoms with van der Waals surface area (Å²) in [6.45, 7) is 7.44. The van der Waals surface area contributed by atoms with Gasteiger partial charge in [0.25, 0.3) is 0 Å². The van der Waals surface area contributed by atoms with Gasteiger partial charge in [0.1, 0.15) is 5.82 Å². The normalized spacial score (nSPS) is 24.0. The molecule has 28 heavy (non-hydrogen) atoms. The number of hydrogen-bond donors (Lipinski definition) is 1. The first-order valence-corrected chi connectivity index (χ1v) is 9.83. The predicted octanol–water partition coefficient (Wildman–Crippen LogP) is 0.385. The van der Waals surface area contributed by atoms with Crippen LogP contribution < -0.4 is 4.90 Å². The zero-order chi connectivity index (χ0) is 19.7. The molecule has 2 aliphatic heterocycles. The Morgan fingerprint density at radius 2 is 2.00 bits per heavy atom. The van der Waals surface area contributed by atoms with E-state index in [2.05, 4.69) is 24.7 Å². The van der Waals surface area contributed by atoms with Gasteiger partial charge in [-0.25, -0.2) is 4.98 Å². The van der Waals surface area contributed by atoms with Crippen molar-refractivity contribution in [2.75, 3.05) is 44.2 Å². The molecule has 4 rings (SSSR count). The van der Waals surface area contributed by atoms with E-state index in [-0.39, 0.29) is 17.9 Å². The fourth-order valence-corrected chi connectivity index (χ4v) is 4.26. The van der Waals surface area contributed by atoms with Crippen LogP contribution in [0.5, 0.6) is 0 Å². The molecule has 0 bridgehead atoms. The molecule has 2 atom stereocenters. The van der Waals surface area contributed by atoms with Crippen LogP contribution in [0.3, 0.4) is 0 Å². The largest absolute Gasteiger partial charge is 0.390 e. The number of carbonyl (C=O) groups excluding carboxylic acids is 1. The molecule has 0 aromatic carbocycles. The smallest absolute Gasteiger partial charge is 0.161 e. The lowest BCUT2D eigenvalue weighted by atomic mass is 10.1. The minimum absolute atomic E-state index is 0.0853. The van der Waals surface area contributed by atoms with E-state index in [0.717, 1.165) is 56.3 Å². The number of Topliss-reactive ketones (excluding diaryl/α,β-unsaturated/α-hetero) is 1. The quantitative estimate of drug-likeness (QED) is 0.747. The molecule has 2 aromatic heterocycles. The molecule has 0 saturated carbocycles. The Kier molecular flexibility index (Phi) is 5.43. The third kappa shape index (κ3) is 3.94. The molecule has 0 aliphatic carbocycles. The van der Waals surface area contributed by atoms with Gasteiger partial charge < -0.3 is 14.6 Å². The molecule has 0 spiro atoms. The van der Waals surface area contributed by atoms with Crippen molar-refractivity contribution < 1.29 is 9.90 Å². The van der Waals surface area contributed by atoms with Gasteiger partial charge >= 0.3 is 0 Å². The van der Waals surface area contributed by atoms with E-state index in [1.54, 1.807) is 25.5 Å². The summed E-state index contributed by atoms with van der Waals surface area (Å²) in [5, 5.41) is 10.7. The number of β-amino-alcohol motifs (C(OH)–C–C–N with tert-alkyl or cyclic N) is 1. The lowest BCUT2D eigenvalue weighted by molar-refractivity contribution is 0.0790. The number of anilines is 1.